The fraction of sp³-hybridized carbons (Fsp3) is 0.125. The van der Waals surface area contributed by atoms with Crippen molar-refractivity contribution in [3.05, 3.63) is 71.0 Å². The number of halogens is 2. The minimum Gasteiger partial charge on any atom is -0.380 e. The number of thioether (sulfide) groups is 1. The standard InChI is InChI=1S/C16H15BrFNS/c1-2-9-20-16-6-4-3-5-15(16)19-11-12-7-8-14(18)13(17)10-12/h2-8,10,19H,1,9,11H2. The molecule has 0 atom stereocenters. The Labute approximate surface area is 131 Å². The number of hydrogen-bond acceptors (Lipinski definition) is 2. The summed E-state index contributed by atoms with van der Waals surface area (Å²) >= 11 is 4.94. The Bertz CT molecular complexity index is 601. The van der Waals surface area contributed by atoms with Gasteiger partial charge < -0.3 is 5.32 Å². The average molecular weight is 352 g/mol. The van der Waals surface area contributed by atoms with Crippen LogP contribution in [-0.2, 0) is 6.54 Å². The van der Waals surface area contributed by atoms with Gasteiger partial charge in [0.2, 0.25) is 0 Å². The Balaban J connectivity index is 2.06. The summed E-state index contributed by atoms with van der Waals surface area (Å²) in [5, 5.41) is 3.39. The van der Waals surface area contributed by atoms with Gasteiger partial charge in [-0.2, -0.15) is 0 Å². The molecule has 0 radical (unpaired) electrons. The lowest BCUT2D eigenvalue weighted by atomic mass is 10.2. The summed E-state index contributed by atoms with van der Waals surface area (Å²) in [4.78, 5) is 1.19. The molecule has 0 aliphatic carbocycles. The topological polar surface area (TPSA) is 12.0 Å². The van der Waals surface area contributed by atoms with Crippen molar-refractivity contribution in [2.45, 2.75) is 11.4 Å². The van der Waals surface area contributed by atoms with E-state index in [1.807, 2.05) is 24.3 Å². The molecule has 1 N–H and O–H groups in total. The van der Waals surface area contributed by atoms with Crippen LogP contribution in [0.2, 0.25) is 0 Å². The fourth-order valence-electron chi connectivity index (χ4n) is 1.73. The van der Waals surface area contributed by atoms with E-state index < -0.39 is 0 Å². The van der Waals surface area contributed by atoms with Gasteiger partial charge in [0, 0.05) is 22.9 Å². The quantitative estimate of drug-likeness (QED) is 0.546. The summed E-state index contributed by atoms with van der Waals surface area (Å²) in [5.41, 5.74) is 2.11. The maximum atomic E-state index is 13.2. The lowest BCUT2D eigenvalue weighted by Gasteiger charge is -2.11. The van der Waals surface area contributed by atoms with E-state index in [1.54, 1.807) is 23.9 Å². The molecule has 1 nitrogen and oxygen atoms in total. The van der Waals surface area contributed by atoms with Gasteiger partial charge in [0.1, 0.15) is 5.82 Å². The van der Waals surface area contributed by atoms with Crippen LogP contribution >= 0.6 is 27.7 Å². The van der Waals surface area contributed by atoms with Gasteiger partial charge >= 0.3 is 0 Å². The van der Waals surface area contributed by atoms with Gasteiger partial charge in [-0.05, 0) is 45.8 Å². The highest BCUT2D eigenvalue weighted by Gasteiger charge is 2.03. The second-order valence-electron chi connectivity index (χ2n) is 4.20. The molecule has 0 amide bonds. The van der Waals surface area contributed by atoms with E-state index in [0.29, 0.717) is 11.0 Å². The van der Waals surface area contributed by atoms with Crippen molar-refractivity contribution < 1.29 is 4.39 Å². The first-order valence-corrected chi connectivity index (χ1v) is 7.99. The van der Waals surface area contributed by atoms with Crippen molar-refractivity contribution in [2.75, 3.05) is 11.1 Å². The van der Waals surface area contributed by atoms with Crippen molar-refractivity contribution in [1.82, 2.24) is 0 Å². The number of para-hydroxylation sites is 1. The predicted octanol–water partition coefficient (Wildman–Crippen LogP) is 5.48. The normalized spacial score (nSPS) is 10.3. The molecule has 0 aliphatic rings. The molecule has 0 spiro atoms. The zero-order valence-electron chi connectivity index (χ0n) is 10.9. The Hall–Kier alpha value is -1.26. The van der Waals surface area contributed by atoms with Crippen molar-refractivity contribution in [3.63, 3.8) is 0 Å². The van der Waals surface area contributed by atoms with Crippen LogP contribution in [0.4, 0.5) is 10.1 Å². The van der Waals surface area contributed by atoms with Crippen LogP contribution in [0.15, 0.2) is 64.5 Å². The van der Waals surface area contributed by atoms with E-state index in [-0.39, 0.29) is 5.82 Å². The van der Waals surface area contributed by atoms with E-state index in [9.17, 15) is 4.39 Å². The van der Waals surface area contributed by atoms with Crippen LogP contribution in [0.1, 0.15) is 5.56 Å². The zero-order chi connectivity index (χ0) is 14.4. The van der Waals surface area contributed by atoms with Crippen molar-refractivity contribution in [3.8, 4) is 0 Å². The highest BCUT2D eigenvalue weighted by Crippen LogP contribution is 2.27. The second-order valence-corrected chi connectivity index (χ2v) is 6.11. The lowest BCUT2D eigenvalue weighted by Crippen LogP contribution is -2.01. The van der Waals surface area contributed by atoms with Crippen LogP contribution in [0, 0.1) is 5.82 Å². The molecule has 2 rings (SSSR count). The second kappa shape index (κ2) is 7.50. The molecule has 20 heavy (non-hydrogen) atoms. The molecule has 0 fully saturated rings. The molecule has 0 aliphatic heterocycles. The molecule has 0 unspecified atom stereocenters. The lowest BCUT2D eigenvalue weighted by molar-refractivity contribution is 0.620. The van der Waals surface area contributed by atoms with E-state index in [0.717, 1.165) is 17.0 Å². The molecule has 2 aromatic carbocycles. The molecule has 0 bridgehead atoms. The number of hydrogen-bond donors (Lipinski definition) is 1. The van der Waals surface area contributed by atoms with Crippen LogP contribution in [-0.4, -0.2) is 5.75 Å². The van der Waals surface area contributed by atoms with Gasteiger partial charge in [0.25, 0.3) is 0 Å². The van der Waals surface area contributed by atoms with E-state index in [1.165, 1.54) is 11.0 Å². The van der Waals surface area contributed by atoms with Crippen molar-refractivity contribution in [1.29, 1.82) is 0 Å². The molecular weight excluding hydrogens is 337 g/mol. The molecule has 2 aromatic rings. The Kier molecular flexibility index (Phi) is 5.68. The summed E-state index contributed by atoms with van der Waals surface area (Å²) in [6.45, 7) is 4.39. The predicted molar refractivity (Wildman–Crippen MR) is 88.8 cm³/mol. The van der Waals surface area contributed by atoms with Gasteiger partial charge in [0.15, 0.2) is 0 Å². The molecule has 0 saturated heterocycles. The van der Waals surface area contributed by atoms with Crippen LogP contribution in [0.3, 0.4) is 0 Å². The van der Waals surface area contributed by atoms with Crippen LogP contribution < -0.4 is 5.32 Å². The number of rotatable bonds is 6. The first kappa shape index (κ1) is 15.1. The van der Waals surface area contributed by atoms with E-state index in [2.05, 4.69) is 33.9 Å². The molecule has 0 aromatic heterocycles. The first-order valence-electron chi connectivity index (χ1n) is 6.21. The average Bonchev–Trinajstić information content (AvgIpc) is 2.47. The van der Waals surface area contributed by atoms with Crippen LogP contribution in [0.25, 0.3) is 0 Å². The molecule has 0 heterocycles. The van der Waals surface area contributed by atoms with Gasteiger partial charge in [-0.1, -0.05) is 24.3 Å². The minimum atomic E-state index is -0.240. The maximum absolute atomic E-state index is 13.2. The SMILES string of the molecule is C=CCSc1ccccc1NCc1ccc(F)c(Br)c1. The highest BCUT2D eigenvalue weighted by atomic mass is 79.9. The monoisotopic (exact) mass is 351 g/mol. The summed E-state index contributed by atoms with van der Waals surface area (Å²) in [5.74, 6) is 0.636. The molecular formula is C16H15BrFNS. The summed E-state index contributed by atoms with van der Waals surface area (Å²) in [7, 11) is 0. The molecule has 0 saturated carbocycles. The Morgan fingerprint density at radius 3 is 2.80 bits per heavy atom. The van der Waals surface area contributed by atoms with Gasteiger partial charge in [-0.25, -0.2) is 4.39 Å². The van der Waals surface area contributed by atoms with Gasteiger partial charge in [-0.15, -0.1) is 18.3 Å². The van der Waals surface area contributed by atoms with Crippen molar-refractivity contribution in [2.24, 2.45) is 0 Å². The first-order chi connectivity index (χ1) is 9.70. The largest absolute Gasteiger partial charge is 0.380 e. The van der Waals surface area contributed by atoms with Crippen LogP contribution in [0.5, 0.6) is 0 Å². The highest BCUT2D eigenvalue weighted by molar-refractivity contribution is 9.10. The number of benzene rings is 2. The smallest absolute Gasteiger partial charge is 0.137 e. The van der Waals surface area contributed by atoms with E-state index in [4.69, 9.17) is 0 Å². The van der Waals surface area contributed by atoms with E-state index >= 15 is 0 Å². The Morgan fingerprint density at radius 1 is 1.25 bits per heavy atom. The van der Waals surface area contributed by atoms with Crippen molar-refractivity contribution >= 4 is 33.4 Å². The molecule has 104 valence electrons. The number of nitrogens with one attached hydrogen (secondary N) is 1. The Morgan fingerprint density at radius 2 is 2.05 bits per heavy atom. The zero-order valence-corrected chi connectivity index (χ0v) is 13.3. The maximum Gasteiger partial charge on any atom is 0.137 e. The van der Waals surface area contributed by atoms with Gasteiger partial charge in [-0.3, -0.25) is 0 Å². The summed E-state index contributed by atoms with van der Waals surface area (Å²) in [6, 6.07) is 13.2. The minimum absolute atomic E-state index is 0.240. The summed E-state index contributed by atoms with van der Waals surface area (Å²) in [6.07, 6.45) is 1.89. The third-order valence-corrected chi connectivity index (χ3v) is 4.39. The third kappa shape index (κ3) is 4.12. The fourth-order valence-corrected chi connectivity index (χ4v) is 2.93. The number of anilines is 1. The summed E-state index contributed by atoms with van der Waals surface area (Å²) < 4.78 is 13.7. The molecule has 4 heteroatoms. The third-order valence-electron chi connectivity index (χ3n) is 2.71. The van der Waals surface area contributed by atoms with Gasteiger partial charge in [0.05, 0.1) is 4.47 Å².